The number of benzene rings is 1. The van der Waals surface area contributed by atoms with Gasteiger partial charge < -0.3 is 10.6 Å². The Morgan fingerprint density at radius 2 is 1.88 bits per heavy atom. The first kappa shape index (κ1) is 25.1. The van der Waals surface area contributed by atoms with Crippen LogP contribution in [-0.4, -0.2) is 44.9 Å². The van der Waals surface area contributed by atoms with Crippen molar-refractivity contribution in [2.75, 3.05) is 13.1 Å². The summed E-state index contributed by atoms with van der Waals surface area (Å²) < 4.78 is 14.1. The van der Waals surface area contributed by atoms with E-state index >= 15 is 0 Å². The van der Waals surface area contributed by atoms with Crippen LogP contribution in [-0.2, 0) is 26.1 Å². The van der Waals surface area contributed by atoms with Gasteiger partial charge in [-0.2, -0.15) is 0 Å². The van der Waals surface area contributed by atoms with Gasteiger partial charge in [0.1, 0.15) is 17.0 Å². The number of nitrogens with zero attached hydrogens (tertiary/aromatic N) is 2. The SMILES string of the molecule is CCCC(NC=O)C(=O)NC1(c2cccnc2)CC1.O=S(c1ccccc1)N1CCCCC1. The lowest BCUT2D eigenvalue weighted by Gasteiger charge is -2.24. The number of nitrogens with one attached hydrogen (secondary N) is 2. The summed E-state index contributed by atoms with van der Waals surface area (Å²) in [4.78, 5) is 27.8. The molecule has 178 valence electrons. The highest BCUT2D eigenvalue weighted by Gasteiger charge is 2.46. The highest BCUT2D eigenvalue weighted by Crippen LogP contribution is 2.45. The second-order valence-electron chi connectivity index (χ2n) is 8.49. The van der Waals surface area contributed by atoms with Crippen LogP contribution in [0.5, 0.6) is 0 Å². The molecule has 1 aliphatic carbocycles. The first-order valence-corrected chi connectivity index (χ1v) is 12.8. The van der Waals surface area contributed by atoms with E-state index in [1.54, 1.807) is 12.4 Å². The van der Waals surface area contributed by atoms with E-state index in [4.69, 9.17) is 0 Å². The quantitative estimate of drug-likeness (QED) is 0.550. The summed E-state index contributed by atoms with van der Waals surface area (Å²) in [6.07, 6.45) is 11.1. The number of hydrogen-bond acceptors (Lipinski definition) is 4. The Labute approximate surface area is 199 Å². The van der Waals surface area contributed by atoms with Crippen molar-refractivity contribution < 1.29 is 13.8 Å². The summed E-state index contributed by atoms with van der Waals surface area (Å²) in [5.41, 5.74) is 0.756. The van der Waals surface area contributed by atoms with Gasteiger partial charge in [0.05, 0.1) is 10.4 Å². The topological polar surface area (TPSA) is 91.4 Å². The van der Waals surface area contributed by atoms with Crippen molar-refractivity contribution in [3.8, 4) is 0 Å². The molecule has 33 heavy (non-hydrogen) atoms. The molecule has 2 aromatic rings. The Balaban J connectivity index is 0.000000194. The van der Waals surface area contributed by atoms with Gasteiger partial charge in [0.2, 0.25) is 12.3 Å². The van der Waals surface area contributed by atoms with Crippen molar-refractivity contribution in [3.63, 3.8) is 0 Å². The lowest BCUT2D eigenvalue weighted by atomic mass is 10.1. The summed E-state index contributed by atoms with van der Waals surface area (Å²) in [5.74, 6) is -0.115. The number of amides is 2. The summed E-state index contributed by atoms with van der Waals surface area (Å²) in [6, 6.07) is 13.1. The van der Waals surface area contributed by atoms with Crippen molar-refractivity contribution in [2.24, 2.45) is 0 Å². The Morgan fingerprint density at radius 3 is 2.45 bits per heavy atom. The largest absolute Gasteiger partial charge is 0.347 e. The summed E-state index contributed by atoms with van der Waals surface area (Å²) >= 11 is 0. The van der Waals surface area contributed by atoms with Crippen LogP contribution in [0.1, 0.15) is 57.4 Å². The second-order valence-corrected chi connectivity index (χ2v) is 9.98. The monoisotopic (exact) mass is 470 g/mol. The molecule has 1 aromatic carbocycles. The maximum absolute atomic E-state index is 12.2. The summed E-state index contributed by atoms with van der Waals surface area (Å²) in [7, 11) is -0.937. The third-order valence-corrected chi connectivity index (χ3v) is 7.49. The number of carbonyl (C=O) groups excluding carboxylic acids is 2. The highest BCUT2D eigenvalue weighted by atomic mass is 32.2. The fourth-order valence-corrected chi connectivity index (χ4v) is 5.24. The van der Waals surface area contributed by atoms with Gasteiger partial charge >= 0.3 is 0 Å². The standard InChI is InChI=1S/C14H19N3O2.C11H15NOS/c1-2-4-12(16-10-18)13(19)17-14(6-7-14)11-5-3-8-15-9-11;13-14(11-7-3-1-4-8-11)12-9-5-2-6-10-12/h3,5,8-10,12H,2,4,6-7H2,1H3,(H,16,18)(H,17,19);1,3-4,7-8H,2,5-6,9-10H2. The molecule has 2 amide bonds. The minimum atomic E-state index is -0.937. The first-order valence-electron chi connectivity index (χ1n) is 11.7. The van der Waals surface area contributed by atoms with Gasteiger partial charge in [0, 0.05) is 25.5 Å². The normalized spacial score (nSPS) is 18.7. The average Bonchev–Trinajstić information content (AvgIpc) is 3.66. The van der Waals surface area contributed by atoms with Gasteiger partial charge in [0.15, 0.2) is 0 Å². The van der Waals surface area contributed by atoms with E-state index in [9.17, 15) is 13.8 Å². The van der Waals surface area contributed by atoms with E-state index in [0.29, 0.717) is 12.8 Å². The van der Waals surface area contributed by atoms with Crippen molar-refractivity contribution in [1.82, 2.24) is 19.9 Å². The van der Waals surface area contributed by atoms with E-state index in [0.717, 1.165) is 42.8 Å². The van der Waals surface area contributed by atoms with Crippen LogP contribution < -0.4 is 10.6 Å². The van der Waals surface area contributed by atoms with Crippen LogP contribution in [0.3, 0.4) is 0 Å². The maximum Gasteiger partial charge on any atom is 0.243 e. The lowest BCUT2D eigenvalue weighted by Crippen LogP contribution is -2.47. The molecule has 4 rings (SSSR count). The van der Waals surface area contributed by atoms with Gasteiger partial charge in [-0.05, 0) is 55.9 Å². The van der Waals surface area contributed by atoms with Crippen molar-refractivity contribution in [3.05, 3.63) is 60.4 Å². The molecule has 7 nitrogen and oxygen atoms in total. The predicted octanol–water partition coefficient (Wildman–Crippen LogP) is 3.30. The number of rotatable bonds is 9. The van der Waals surface area contributed by atoms with Crippen LogP contribution in [0.15, 0.2) is 59.8 Å². The van der Waals surface area contributed by atoms with Gasteiger partial charge in [-0.15, -0.1) is 0 Å². The number of aromatic nitrogens is 1. The minimum Gasteiger partial charge on any atom is -0.347 e. The van der Waals surface area contributed by atoms with Crippen LogP contribution in [0.4, 0.5) is 0 Å². The molecule has 2 N–H and O–H groups in total. The Kier molecular flexibility index (Phi) is 9.57. The molecule has 1 aromatic heterocycles. The Bertz CT molecular complexity index is 900. The second kappa shape index (κ2) is 12.6. The van der Waals surface area contributed by atoms with E-state index < -0.39 is 17.0 Å². The van der Waals surface area contributed by atoms with Crippen molar-refractivity contribution in [1.29, 1.82) is 0 Å². The minimum absolute atomic E-state index is 0.115. The van der Waals surface area contributed by atoms with Crippen LogP contribution >= 0.6 is 0 Å². The molecule has 2 unspecified atom stereocenters. The number of hydrogen-bond donors (Lipinski definition) is 2. The molecule has 2 atom stereocenters. The molecule has 2 fully saturated rings. The van der Waals surface area contributed by atoms with Crippen molar-refractivity contribution >= 4 is 23.3 Å². The molecule has 0 radical (unpaired) electrons. The molecule has 0 bridgehead atoms. The highest BCUT2D eigenvalue weighted by molar-refractivity contribution is 7.82. The van der Waals surface area contributed by atoms with E-state index in [-0.39, 0.29) is 11.4 Å². The van der Waals surface area contributed by atoms with E-state index in [1.165, 1.54) is 19.3 Å². The molecule has 0 spiro atoms. The predicted molar refractivity (Wildman–Crippen MR) is 129 cm³/mol. The fourth-order valence-electron chi connectivity index (χ4n) is 3.96. The van der Waals surface area contributed by atoms with Crippen LogP contribution in [0.25, 0.3) is 0 Å². The Hall–Kier alpha value is -2.58. The molecule has 1 aliphatic heterocycles. The zero-order valence-electron chi connectivity index (χ0n) is 19.2. The first-order chi connectivity index (χ1) is 16.1. The molecule has 1 saturated carbocycles. The molecular weight excluding hydrogens is 436 g/mol. The molecule has 2 aliphatic rings. The lowest BCUT2D eigenvalue weighted by molar-refractivity contribution is -0.126. The number of carbonyl (C=O) groups is 2. The van der Waals surface area contributed by atoms with Gasteiger partial charge in [-0.25, -0.2) is 8.51 Å². The number of piperidine rings is 1. The smallest absolute Gasteiger partial charge is 0.243 e. The molecule has 8 heteroatoms. The third-order valence-electron chi connectivity index (χ3n) is 5.98. The summed E-state index contributed by atoms with van der Waals surface area (Å²) in [6.45, 7) is 3.93. The van der Waals surface area contributed by atoms with Crippen LogP contribution in [0, 0.1) is 0 Å². The Morgan fingerprint density at radius 1 is 1.15 bits per heavy atom. The van der Waals surface area contributed by atoms with Gasteiger partial charge in [0.25, 0.3) is 0 Å². The van der Waals surface area contributed by atoms with E-state index in [2.05, 4.69) is 19.9 Å². The molecule has 1 saturated heterocycles. The van der Waals surface area contributed by atoms with Crippen molar-refractivity contribution in [2.45, 2.75) is 68.3 Å². The zero-order valence-corrected chi connectivity index (χ0v) is 20.1. The van der Waals surface area contributed by atoms with Crippen LogP contribution in [0.2, 0.25) is 0 Å². The average molecular weight is 471 g/mol. The molecule has 2 heterocycles. The fraction of sp³-hybridized carbons (Fsp3) is 0.480. The summed E-state index contributed by atoms with van der Waals surface area (Å²) in [5, 5.41) is 5.63. The number of pyridine rings is 1. The van der Waals surface area contributed by atoms with Gasteiger partial charge in [-0.3, -0.25) is 14.6 Å². The molecular formula is C25H34N4O3S. The zero-order chi connectivity index (χ0) is 23.5. The third kappa shape index (κ3) is 7.20. The van der Waals surface area contributed by atoms with E-state index in [1.807, 2.05) is 49.4 Å². The maximum atomic E-state index is 12.2. The van der Waals surface area contributed by atoms with Gasteiger partial charge in [-0.1, -0.05) is 44.0 Å².